The van der Waals surface area contributed by atoms with Crippen LogP contribution in [0.4, 0.5) is 0 Å². The molecule has 0 aliphatic rings. The minimum absolute atomic E-state index is 0.404. The summed E-state index contributed by atoms with van der Waals surface area (Å²) in [6.45, 7) is 0.539. The minimum Gasteiger partial charge on any atom is -0.488 e. The first-order valence-electron chi connectivity index (χ1n) is 6.36. The summed E-state index contributed by atoms with van der Waals surface area (Å²) in [6, 6.07) is 8.97. The van der Waals surface area contributed by atoms with E-state index in [1.54, 1.807) is 11.3 Å². The lowest BCUT2D eigenvalue weighted by molar-refractivity contribution is -0.142. The molecule has 2 N–H and O–H groups in total. The quantitative estimate of drug-likeness (QED) is 0.794. The van der Waals surface area contributed by atoms with Crippen LogP contribution in [-0.4, -0.2) is 19.1 Å². The summed E-state index contributed by atoms with van der Waals surface area (Å²) in [4.78, 5) is 12.4. The number of thiophene rings is 1. The summed E-state index contributed by atoms with van der Waals surface area (Å²) >= 11 is 5.06. The Morgan fingerprint density at radius 2 is 2.10 bits per heavy atom. The fourth-order valence-corrected chi connectivity index (χ4v) is 3.16. The van der Waals surface area contributed by atoms with Crippen LogP contribution in [0.5, 0.6) is 5.75 Å². The van der Waals surface area contributed by atoms with Gasteiger partial charge in [-0.05, 0) is 46.1 Å². The van der Waals surface area contributed by atoms with Gasteiger partial charge in [0.25, 0.3) is 0 Å². The number of rotatable bonds is 6. The lowest BCUT2D eigenvalue weighted by Gasteiger charge is -2.10. The molecule has 4 nitrogen and oxygen atoms in total. The van der Waals surface area contributed by atoms with Crippen LogP contribution >= 0.6 is 27.3 Å². The van der Waals surface area contributed by atoms with E-state index in [0.717, 1.165) is 20.7 Å². The molecular formula is C15H16BrNO3S. The van der Waals surface area contributed by atoms with Crippen LogP contribution in [0, 0.1) is 0 Å². The maximum atomic E-state index is 11.3. The van der Waals surface area contributed by atoms with Gasteiger partial charge in [0.15, 0.2) is 0 Å². The van der Waals surface area contributed by atoms with E-state index in [1.165, 1.54) is 7.11 Å². The molecule has 0 fully saturated rings. The lowest BCUT2D eigenvalue weighted by atomic mass is 10.1. The number of methoxy groups -OCH3 is 1. The molecule has 21 heavy (non-hydrogen) atoms. The van der Waals surface area contributed by atoms with E-state index in [-0.39, 0.29) is 0 Å². The summed E-state index contributed by atoms with van der Waals surface area (Å²) < 4.78 is 11.4. The molecule has 0 aliphatic heterocycles. The summed E-state index contributed by atoms with van der Waals surface area (Å²) in [5, 5.41) is 2.02. The molecule has 112 valence electrons. The molecule has 0 aliphatic carbocycles. The van der Waals surface area contributed by atoms with Crippen LogP contribution in [0.2, 0.25) is 0 Å². The first-order chi connectivity index (χ1) is 10.1. The lowest BCUT2D eigenvalue weighted by Crippen LogP contribution is -2.33. The van der Waals surface area contributed by atoms with Gasteiger partial charge in [-0.3, -0.25) is 4.79 Å². The third-order valence-corrected chi connectivity index (χ3v) is 4.56. The molecule has 2 rings (SSSR count). The molecule has 0 saturated heterocycles. The van der Waals surface area contributed by atoms with E-state index in [4.69, 9.17) is 10.5 Å². The van der Waals surface area contributed by atoms with E-state index in [0.29, 0.717) is 13.0 Å². The number of esters is 1. The number of hydrogen-bond acceptors (Lipinski definition) is 5. The van der Waals surface area contributed by atoms with Crippen molar-refractivity contribution in [1.82, 2.24) is 0 Å². The fraction of sp³-hybridized carbons (Fsp3) is 0.267. The number of benzene rings is 1. The molecular weight excluding hydrogens is 354 g/mol. The van der Waals surface area contributed by atoms with Crippen molar-refractivity contribution in [3.8, 4) is 5.75 Å². The number of ether oxygens (including phenoxy) is 2. The standard InChI is InChI=1S/C15H16BrNO3S/c1-19-15(18)14(17)6-10-2-4-12(5-3-10)20-8-13-7-11(16)9-21-13/h2-5,7,9,14H,6,8,17H2,1H3. The second-order valence-corrected chi connectivity index (χ2v) is 6.41. The van der Waals surface area contributed by atoms with E-state index in [2.05, 4.69) is 20.7 Å². The Kier molecular flexibility index (Phi) is 5.78. The van der Waals surface area contributed by atoms with Crippen LogP contribution in [0.1, 0.15) is 10.4 Å². The minimum atomic E-state index is -0.634. The normalized spacial score (nSPS) is 12.0. The zero-order chi connectivity index (χ0) is 15.2. The third kappa shape index (κ3) is 4.84. The van der Waals surface area contributed by atoms with Gasteiger partial charge in [0.05, 0.1) is 7.11 Å². The highest BCUT2D eigenvalue weighted by molar-refractivity contribution is 9.10. The maximum absolute atomic E-state index is 11.3. The Hall–Kier alpha value is -1.37. The Labute approximate surface area is 136 Å². The van der Waals surface area contributed by atoms with Crippen molar-refractivity contribution in [2.45, 2.75) is 19.1 Å². The number of carbonyl (C=O) groups is 1. The molecule has 1 atom stereocenters. The molecule has 2 aromatic rings. The predicted octanol–water partition coefficient (Wildman–Crippen LogP) is 3.13. The van der Waals surface area contributed by atoms with E-state index < -0.39 is 12.0 Å². The largest absolute Gasteiger partial charge is 0.488 e. The Balaban J connectivity index is 1.88. The van der Waals surface area contributed by atoms with Crippen LogP contribution in [0.25, 0.3) is 0 Å². The van der Waals surface area contributed by atoms with Gasteiger partial charge in [-0.2, -0.15) is 0 Å². The molecule has 6 heteroatoms. The smallest absolute Gasteiger partial charge is 0.322 e. The van der Waals surface area contributed by atoms with Crippen molar-refractivity contribution in [1.29, 1.82) is 0 Å². The zero-order valence-electron chi connectivity index (χ0n) is 11.5. The average Bonchev–Trinajstić information content (AvgIpc) is 2.91. The van der Waals surface area contributed by atoms with E-state index >= 15 is 0 Å². The van der Waals surface area contributed by atoms with E-state index in [9.17, 15) is 4.79 Å². The zero-order valence-corrected chi connectivity index (χ0v) is 13.9. The number of hydrogen-bond donors (Lipinski definition) is 1. The molecule has 1 unspecified atom stereocenters. The molecule has 0 bridgehead atoms. The van der Waals surface area contributed by atoms with Gasteiger partial charge in [0.1, 0.15) is 18.4 Å². The Morgan fingerprint density at radius 3 is 2.67 bits per heavy atom. The van der Waals surface area contributed by atoms with Crippen molar-refractivity contribution in [2.75, 3.05) is 7.11 Å². The first-order valence-corrected chi connectivity index (χ1v) is 8.04. The van der Waals surface area contributed by atoms with Gasteiger partial charge < -0.3 is 15.2 Å². The van der Waals surface area contributed by atoms with Crippen molar-refractivity contribution in [3.05, 3.63) is 50.6 Å². The second-order valence-electron chi connectivity index (χ2n) is 4.50. The van der Waals surface area contributed by atoms with Crippen LogP contribution in [0.15, 0.2) is 40.2 Å². The van der Waals surface area contributed by atoms with Crippen molar-refractivity contribution in [2.24, 2.45) is 5.73 Å². The fourth-order valence-electron chi connectivity index (χ4n) is 1.79. The average molecular weight is 370 g/mol. The predicted molar refractivity (Wildman–Crippen MR) is 86.5 cm³/mol. The van der Waals surface area contributed by atoms with Crippen molar-refractivity contribution < 1.29 is 14.3 Å². The van der Waals surface area contributed by atoms with Gasteiger partial charge in [0, 0.05) is 14.7 Å². The summed E-state index contributed by atoms with van der Waals surface area (Å²) in [5.41, 5.74) is 6.70. The van der Waals surface area contributed by atoms with Crippen molar-refractivity contribution >= 4 is 33.2 Å². The number of halogens is 1. The summed E-state index contributed by atoms with van der Waals surface area (Å²) in [7, 11) is 1.34. The van der Waals surface area contributed by atoms with Crippen LogP contribution in [-0.2, 0) is 22.6 Å². The summed E-state index contributed by atoms with van der Waals surface area (Å²) in [6.07, 6.45) is 0.449. The summed E-state index contributed by atoms with van der Waals surface area (Å²) in [5.74, 6) is 0.383. The highest BCUT2D eigenvalue weighted by Gasteiger charge is 2.14. The van der Waals surface area contributed by atoms with Gasteiger partial charge in [0.2, 0.25) is 0 Å². The second kappa shape index (κ2) is 7.59. The molecule has 1 aromatic heterocycles. The molecule has 0 saturated carbocycles. The maximum Gasteiger partial charge on any atom is 0.322 e. The SMILES string of the molecule is COC(=O)C(N)Cc1ccc(OCc2cc(Br)cs2)cc1. The Bertz CT molecular complexity index is 597. The first kappa shape index (κ1) is 16.0. The topological polar surface area (TPSA) is 61.5 Å². The number of carbonyl (C=O) groups excluding carboxylic acids is 1. The van der Waals surface area contributed by atoms with E-state index in [1.807, 2.05) is 35.7 Å². The highest BCUT2D eigenvalue weighted by Crippen LogP contribution is 2.22. The molecule has 1 heterocycles. The monoisotopic (exact) mass is 369 g/mol. The van der Waals surface area contributed by atoms with Crippen LogP contribution < -0.4 is 10.5 Å². The molecule has 0 spiro atoms. The molecule has 0 radical (unpaired) electrons. The van der Waals surface area contributed by atoms with Gasteiger partial charge in [-0.1, -0.05) is 12.1 Å². The molecule has 1 aromatic carbocycles. The Morgan fingerprint density at radius 1 is 1.38 bits per heavy atom. The van der Waals surface area contributed by atoms with Crippen LogP contribution in [0.3, 0.4) is 0 Å². The van der Waals surface area contributed by atoms with Gasteiger partial charge in [-0.15, -0.1) is 11.3 Å². The third-order valence-electron chi connectivity index (χ3n) is 2.89. The number of nitrogens with two attached hydrogens (primary N) is 1. The highest BCUT2D eigenvalue weighted by atomic mass is 79.9. The van der Waals surface area contributed by atoms with Gasteiger partial charge in [-0.25, -0.2) is 0 Å². The molecule has 0 amide bonds. The van der Waals surface area contributed by atoms with Gasteiger partial charge >= 0.3 is 5.97 Å². The van der Waals surface area contributed by atoms with Crippen molar-refractivity contribution in [3.63, 3.8) is 0 Å².